The van der Waals surface area contributed by atoms with Crippen LogP contribution in [0.2, 0.25) is 5.02 Å². The molecule has 3 aromatic rings. The fraction of sp³-hybridized carbons (Fsp3) is 0.105. The van der Waals surface area contributed by atoms with Gasteiger partial charge in [0.1, 0.15) is 5.69 Å². The molecule has 0 aliphatic rings. The van der Waals surface area contributed by atoms with Crippen LogP contribution in [0.5, 0.6) is 0 Å². The molecule has 1 aromatic heterocycles. The Morgan fingerprint density at radius 3 is 2.30 bits per heavy atom. The van der Waals surface area contributed by atoms with E-state index in [4.69, 9.17) is 11.6 Å². The molecule has 0 bridgehead atoms. The number of rotatable bonds is 3. The van der Waals surface area contributed by atoms with Crippen LogP contribution < -0.4 is 16.1 Å². The first-order valence-corrected chi connectivity index (χ1v) is 8.66. The SMILES string of the molecule is COC(=O)c1cc(=O)c2cc(NC(=O)Nc3ccc(Cl)c(C(F)(F)F)c3)ccc2[nH]1. The molecular weight excluding hydrogens is 427 g/mol. The first-order valence-electron chi connectivity index (χ1n) is 8.28. The van der Waals surface area contributed by atoms with Gasteiger partial charge in [-0.1, -0.05) is 11.6 Å². The Morgan fingerprint density at radius 2 is 1.67 bits per heavy atom. The number of methoxy groups -OCH3 is 1. The van der Waals surface area contributed by atoms with Gasteiger partial charge in [-0.3, -0.25) is 4.79 Å². The van der Waals surface area contributed by atoms with E-state index in [0.29, 0.717) is 11.6 Å². The molecule has 11 heteroatoms. The number of hydrogen-bond donors (Lipinski definition) is 3. The number of amides is 2. The average Bonchev–Trinajstić information content (AvgIpc) is 2.68. The van der Waals surface area contributed by atoms with E-state index in [9.17, 15) is 27.6 Å². The number of urea groups is 1. The summed E-state index contributed by atoms with van der Waals surface area (Å²) in [7, 11) is 1.18. The normalized spacial score (nSPS) is 11.2. The second kappa shape index (κ2) is 8.07. The van der Waals surface area contributed by atoms with Gasteiger partial charge in [0.25, 0.3) is 0 Å². The van der Waals surface area contributed by atoms with E-state index in [1.807, 2.05) is 0 Å². The summed E-state index contributed by atoms with van der Waals surface area (Å²) in [5.74, 6) is -0.711. The maximum Gasteiger partial charge on any atom is 0.417 e. The van der Waals surface area contributed by atoms with Crippen molar-refractivity contribution in [3.8, 4) is 0 Å². The minimum Gasteiger partial charge on any atom is -0.464 e. The van der Waals surface area contributed by atoms with Gasteiger partial charge in [0.15, 0.2) is 5.43 Å². The van der Waals surface area contributed by atoms with Crippen molar-refractivity contribution < 1.29 is 27.5 Å². The fourth-order valence-electron chi connectivity index (χ4n) is 2.66. The first kappa shape index (κ1) is 21.2. The highest BCUT2D eigenvalue weighted by Gasteiger charge is 2.33. The number of H-pyrrole nitrogens is 1. The van der Waals surface area contributed by atoms with Gasteiger partial charge in [0.05, 0.1) is 23.2 Å². The molecule has 0 saturated carbocycles. The van der Waals surface area contributed by atoms with Gasteiger partial charge >= 0.3 is 18.2 Å². The number of benzene rings is 2. The number of aromatic amines is 1. The number of fused-ring (bicyclic) bond motifs is 1. The number of nitrogens with one attached hydrogen (secondary N) is 3. The predicted octanol–water partition coefficient (Wildman–Crippen LogP) is 4.63. The molecule has 0 aliphatic carbocycles. The summed E-state index contributed by atoms with van der Waals surface area (Å²) in [6.07, 6.45) is -4.67. The third-order valence-electron chi connectivity index (χ3n) is 4.02. The molecule has 3 N–H and O–H groups in total. The zero-order valence-electron chi connectivity index (χ0n) is 15.2. The lowest BCUT2D eigenvalue weighted by molar-refractivity contribution is -0.137. The molecule has 0 radical (unpaired) electrons. The number of carbonyl (C=O) groups excluding carboxylic acids is 2. The highest BCUT2D eigenvalue weighted by atomic mass is 35.5. The number of aromatic nitrogens is 1. The number of anilines is 2. The van der Waals surface area contributed by atoms with E-state index >= 15 is 0 Å². The summed E-state index contributed by atoms with van der Waals surface area (Å²) in [5.41, 5.74) is -1.17. The summed E-state index contributed by atoms with van der Waals surface area (Å²) >= 11 is 5.55. The van der Waals surface area contributed by atoms with E-state index in [1.165, 1.54) is 31.4 Å². The topological polar surface area (TPSA) is 100 Å². The second-order valence-electron chi connectivity index (χ2n) is 6.07. The van der Waals surface area contributed by atoms with Crippen molar-refractivity contribution in [1.29, 1.82) is 0 Å². The van der Waals surface area contributed by atoms with Crippen molar-refractivity contribution in [2.45, 2.75) is 6.18 Å². The number of alkyl halides is 3. The lowest BCUT2D eigenvalue weighted by atomic mass is 10.1. The van der Waals surface area contributed by atoms with Crippen LogP contribution in [0.4, 0.5) is 29.3 Å². The van der Waals surface area contributed by atoms with Crippen molar-refractivity contribution >= 4 is 45.9 Å². The molecule has 3 rings (SSSR count). The molecular formula is C19H13ClF3N3O4. The molecule has 30 heavy (non-hydrogen) atoms. The maximum absolute atomic E-state index is 12.9. The van der Waals surface area contributed by atoms with Gasteiger partial charge in [-0.15, -0.1) is 0 Å². The zero-order chi connectivity index (χ0) is 22.1. The largest absolute Gasteiger partial charge is 0.464 e. The minimum atomic E-state index is -4.67. The quantitative estimate of drug-likeness (QED) is 0.518. The van der Waals surface area contributed by atoms with Gasteiger partial charge in [-0.2, -0.15) is 13.2 Å². The molecule has 1 heterocycles. The van der Waals surface area contributed by atoms with Crippen LogP contribution in [-0.2, 0) is 10.9 Å². The van der Waals surface area contributed by atoms with Crippen LogP contribution in [0.25, 0.3) is 10.9 Å². The van der Waals surface area contributed by atoms with Gasteiger partial charge < -0.3 is 20.4 Å². The molecule has 0 fully saturated rings. The van der Waals surface area contributed by atoms with Gasteiger partial charge in [0.2, 0.25) is 0 Å². The minimum absolute atomic E-state index is 0.0309. The van der Waals surface area contributed by atoms with Gasteiger partial charge in [-0.25, -0.2) is 9.59 Å². The van der Waals surface area contributed by atoms with E-state index in [-0.39, 0.29) is 22.5 Å². The molecule has 0 unspecified atom stereocenters. The molecule has 0 spiro atoms. The molecule has 156 valence electrons. The zero-order valence-corrected chi connectivity index (χ0v) is 15.9. The number of pyridine rings is 1. The van der Waals surface area contributed by atoms with Crippen LogP contribution in [0.1, 0.15) is 16.1 Å². The van der Waals surface area contributed by atoms with Gasteiger partial charge in [-0.05, 0) is 36.4 Å². The molecule has 0 aliphatic heterocycles. The Balaban J connectivity index is 1.81. The van der Waals surface area contributed by atoms with Crippen molar-refractivity contribution in [2.75, 3.05) is 17.7 Å². The number of hydrogen-bond acceptors (Lipinski definition) is 4. The van der Waals surface area contributed by atoms with E-state index in [0.717, 1.165) is 12.1 Å². The van der Waals surface area contributed by atoms with Crippen LogP contribution in [0.3, 0.4) is 0 Å². The summed E-state index contributed by atoms with van der Waals surface area (Å²) in [4.78, 5) is 38.7. The van der Waals surface area contributed by atoms with Crippen LogP contribution in [0.15, 0.2) is 47.3 Å². The lowest BCUT2D eigenvalue weighted by Gasteiger charge is -2.12. The lowest BCUT2D eigenvalue weighted by Crippen LogP contribution is -2.20. The van der Waals surface area contributed by atoms with E-state index in [2.05, 4.69) is 20.4 Å². The van der Waals surface area contributed by atoms with Crippen LogP contribution >= 0.6 is 11.6 Å². The Morgan fingerprint density at radius 1 is 1.03 bits per heavy atom. The summed E-state index contributed by atoms with van der Waals surface area (Å²) in [5, 5.41) is 4.39. The van der Waals surface area contributed by atoms with Crippen molar-refractivity contribution in [3.63, 3.8) is 0 Å². The summed E-state index contributed by atoms with van der Waals surface area (Å²) < 4.78 is 43.3. The van der Waals surface area contributed by atoms with Crippen molar-refractivity contribution in [1.82, 2.24) is 4.98 Å². The van der Waals surface area contributed by atoms with Crippen molar-refractivity contribution in [3.05, 3.63) is 69.0 Å². The average molecular weight is 440 g/mol. The van der Waals surface area contributed by atoms with E-state index < -0.39 is 34.2 Å². The Hall–Kier alpha value is -3.53. The Bertz CT molecular complexity index is 1210. The number of ether oxygens (including phenoxy) is 1. The monoisotopic (exact) mass is 439 g/mol. The second-order valence-corrected chi connectivity index (χ2v) is 6.48. The van der Waals surface area contributed by atoms with E-state index in [1.54, 1.807) is 0 Å². The maximum atomic E-state index is 12.9. The van der Waals surface area contributed by atoms with Crippen molar-refractivity contribution in [2.24, 2.45) is 0 Å². The smallest absolute Gasteiger partial charge is 0.417 e. The highest BCUT2D eigenvalue weighted by Crippen LogP contribution is 2.36. The molecule has 0 atom stereocenters. The third-order valence-corrected chi connectivity index (χ3v) is 4.35. The number of carbonyl (C=O) groups is 2. The van der Waals surface area contributed by atoms with Crippen LogP contribution in [-0.4, -0.2) is 24.1 Å². The van der Waals surface area contributed by atoms with Crippen LogP contribution in [0, 0.1) is 0 Å². The molecule has 0 saturated heterocycles. The first-order chi connectivity index (χ1) is 14.1. The highest BCUT2D eigenvalue weighted by molar-refractivity contribution is 6.31. The fourth-order valence-corrected chi connectivity index (χ4v) is 2.88. The molecule has 7 nitrogen and oxygen atoms in total. The summed E-state index contributed by atoms with van der Waals surface area (Å²) in [6, 6.07) is 7.45. The standard InChI is InChI=1S/C19H13ClF3N3O4/c1-30-17(28)15-8-16(27)11-6-9(3-5-14(11)26-15)24-18(29)25-10-2-4-13(20)12(7-10)19(21,22)23/h2-8H,1H3,(H,26,27)(H2,24,25,29). The number of esters is 1. The molecule has 2 aromatic carbocycles. The summed E-state index contributed by atoms with van der Waals surface area (Å²) in [6.45, 7) is 0. The molecule has 2 amide bonds. The Kier molecular flexibility index (Phi) is 5.70. The predicted molar refractivity (Wildman–Crippen MR) is 105 cm³/mol. The third kappa shape index (κ3) is 4.54. The number of halogens is 4. The Labute approximate surface area is 171 Å². The van der Waals surface area contributed by atoms with Gasteiger partial charge in [0, 0.05) is 22.8 Å².